The Morgan fingerprint density at radius 1 is 1.06 bits per heavy atom. The van der Waals surface area contributed by atoms with E-state index < -0.39 is 16.2 Å². The molecule has 0 radical (unpaired) electrons. The van der Waals surface area contributed by atoms with Gasteiger partial charge in [-0.3, -0.25) is 4.18 Å². The van der Waals surface area contributed by atoms with Gasteiger partial charge in [0.15, 0.2) is 6.73 Å². The number of nitrogens with one attached hydrogen (secondary N) is 1. The standard InChI is InChI=1S/C24H28N4O5S/c1-18(2)26-14-23(33-34(29,30)24-10-4-19(3)5-11-24)16-31-21-6-8-22(9-7-21)32-17-28-15-20(12-25)13-27-28/h4-11,13,15,18,23,26H,14,16-17H2,1-3H3. The second-order valence-electron chi connectivity index (χ2n) is 7.98. The first kappa shape index (κ1) is 25.2. The van der Waals surface area contributed by atoms with Gasteiger partial charge in [-0.15, -0.1) is 0 Å². The molecule has 10 heteroatoms. The zero-order chi connectivity index (χ0) is 24.6. The maximum absolute atomic E-state index is 12.7. The van der Waals surface area contributed by atoms with Gasteiger partial charge in [-0.2, -0.15) is 18.8 Å². The molecular formula is C24H28N4O5S. The highest BCUT2D eigenvalue weighted by Gasteiger charge is 2.23. The van der Waals surface area contributed by atoms with Crippen molar-refractivity contribution >= 4 is 10.1 Å². The Morgan fingerprint density at radius 3 is 2.29 bits per heavy atom. The highest BCUT2D eigenvalue weighted by molar-refractivity contribution is 7.86. The molecule has 0 amide bonds. The number of aryl methyl sites for hydroxylation is 1. The van der Waals surface area contributed by atoms with Crippen LogP contribution < -0.4 is 14.8 Å². The fourth-order valence-electron chi connectivity index (χ4n) is 2.88. The lowest BCUT2D eigenvalue weighted by atomic mass is 10.2. The third-order valence-corrected chi connectivity index (χ3v) is 6.09. The molecule has 9 nitrogen and oxygen atoms in total. The van der Waals surface area contributed by atoms with Crippen LogP contribution in [0.5, 0.6) is 11.5 Å². The summed E-state index contributed by atoms with van der Waals surface area (Å²) in [6.07, 6.45) is 2.33. The van der Waals surface area contributed by atoms with E-state index >= 15 is 0 Å². The Labute approximate surface area is 200 Å². The zero-order valence-electron chi connectivity index (χ0n) is 19.3. The summed E-state index contributed by atoms with van der Waals surface area (Å²) in [5.74, 6) is 1.14. The molecule has 1 N–H and O–H groups in total. The van der Waals surface area contributed by atoms with Crippen LogP contribution in [0, 0.1) is 18.3 Å². The van der Waals surface area contributed by atoms with Gasteiger partial charge in [-0.05, 0) is 43.3 Å². The molecule has 0 aliphatic rings. The van der Waals surface area contributed by atoms with Crippen LogP contribution >= 0.6 is 0 Å². The summed E-state index contributed by atoms with van der Waals surface area (Å²) in [4.78, 5) is 0.105. The Bertz CT molecular complexity index is 1200. The van der Waals surface area contributed by atoms with Crippen molar-refractivity contribution < 1.29 is 22.1 Å². The summed E-state index contributed by atoms with van der Waals surface area (Å²) in [7, 11) is -3.94. The minimum atomic E-state index is -3.94. The highest BCUT2D eigenvalue weighted by Crippen LogP contribution is 2.20. The number of nitrogens with zero attached hydrogens (tertiary/aromatic N) is 3. The van der Waals surface area contributed by atoms with E-state index in [2.05, 4.69) is 10.4 Å². The van der Waals surface area contributed by atoms with Crippen LogP contribution in [0.2, 0.25) is 0 Å². The van der Waals surface area contributed by atoms with Crippen LogP contribution in [0.3, 0.4) is 0 Å². The Kier molecular flexibility index (Phi) is 8.65. The van der Waals surface area contributed by atoms with Crippen LogP contribution in [-0.2, 0) is 21.0 Å². The molecule has 1 aromatic heterocycles. The number of benzene rings is 2. The Balaban J connectivity index is 1.58. The number of rotatable bonds is 12. The van der Waals surface area contributed by atoms with Crippen molar-refractivity contribution in [3.63, 3.8) is 0 Å². The lowest BCUT2D eigenvalue weighted by Gasteiger charge is -2.20. The molecule has 2 aromatic carbocycles. The molecule has 0 spiro atoms. The van der Waals surface area contributed by atoms with E-state index in [0.717, 1.165) is 5.56 Å². The first-order chi connectivity index (χ1) is 16.2. The molecule has 0 aliphatic carbocycles. The SMILES string of the molecule is Cc1ccc(S(=O)(=O)OC(CNC(C)C)COc2ccc(OCn3cc(C#N)cn3)cc2)cc1. The van der Waals surface area contributed by atoms with Crippen molar-refractivity contribution in [1.82, 2.24) is 15.1 Å². The van der Waals surface area contributed by atoms with E-state index in [-0.39, 0.29) is 24.3 Å². The van der Waals surface area contributed by atoms with Crippen molar-refractivity contribution in [3.8, 4) is 17.6 Å². The molecule has 0 aliphatic heterocycles. The summed E-state index contributed by atoms with van der Waals surface area (Å²) in [5, 5.41) is 16.1. The molecular weight excluding hydrogens is 456 g/mol. The number of nitriles is 1. The van der Waals surface area contributed by atoms with E-state index in [0.29, 0.717) is 23.6 Å². The number of ether oxygens (including phenoxy) is 2. The number of hydrogen-bond donors (Lipinski definition) is 1. The highest BCUT2D eigenvalue weighted by atomic mass is 32.2. The molecule has 3 aromatic rings. The summed E-state index contributed by atoms with van der Waals surface area (Å²) < 4.78 is 43.9. The Hall–Kier alpha value is -3.39. The van der Waals surface area contributed by atoms with Crippen LogP contribution in [0.15, 0.2) is 65.8 Å². The fraction of sp³-hybridized carbons (Fsp3) is 0.333. The maximum Gasteiger partial charge on any atom is 0.297 e. The summed E-state index contributed by atoms with van der Waals surface area (Å²) in [5.41, 5.74) is 1.42. The zero-order valence-corrected chi connectivity index (χ0v) is 20.2. The first-order valence-corrected chi connectivity index (χ1v) is 12.2. The lowest BCUT2D eigenvalue weighted by molar-refractivity contribution is 0.130. The minimum Gasteiger partial charge on any atom is -0.491 e. The van der Waals surface area contributed by atoms with Crippen LogP contribution in [-0.4, -0.2) is 43.5 Å². The molecule has 34 heavy (non-hydrogen) atoms. The number of hydrogen-bond acceptors (Lipinski definition) is 8. The molecule has 1 atom stereocenters. The van der Waals surface area contributed by atoms with Gasteiger partial charge in [-0.1, -0.05) is 31.5 Å². The van der Waals surface area contributed by atoms with E-state index in [1.807, 2.05) is 26.8 Å². The summed E-state index contributed by atoms with van der Waals surface area (Å²) in [6, 6.07) is 15.6. The van der Waals surface area contributed by atoms with Crippen LogP contribution in [0.25, 0.3) is 0 Å². The van der Waals surface area contributed by atoms with Crippen LogP contribution in [0.4, 0.5) is 0 Å². The van der Waals surface area contributed by atoms with Crippen LogP contribution in [0.1, 0.15) is 25.0 Å². The molecule has 3 rings (SSSR count). The largest absolute Gasteiger partial charge is 0.491 e. The molecule has 0 fully saturated rings. The van der Waals surface area contributed by atoms with Gasteiger partial charge in [0.05, 0.1) is 16.7 Å². The molecule has 0 saturated carbocycles. The molecule has 0 bridgehead atoms. The average Bonchev–Trinajstić information content (AvgIpc) is 3.28. The van der Waals surface area contributed by atoms with Gasteiger partial charge in [0.25, 0.3) is 10.1 Å². The van der Waals surface area contributed by atoms with Crippen molar-refractivity contribution in [2.45, 2.75) is 44.5 Å². The van der Waals surface area contributed by atoms with Crippen molar-refractivity contribution in [2.24, 2.45) is 0 Å². The quantitative estimate of drug-likeness (QED) is 0.390. The summed E-state index contributed by atoms with van der Waals surface area (Å²) in [6.45, 7) is 6.33. The normalized spacial score (nSPS) is 12.3. The average molecular weight is 485 g/mol. The van der Waals surface area contributed by atoms with Crippen molar-refractivity contribution in [1.29, 1.82) is 5.26 Å². The van der Waals surface area contributed by atoms with Gasteiger partial charge >= 0.3 is 0 Å². The van der Waals surface area contributed by atoms with Gasteiger partial charge in [-0.25, -0.2) is 4.68 Å². The summed E-state index contributed by atoms with van der Waals surface area (Å²) >= 11 is 0. The Morgan fingerprint density at radius 2 is 1.71 bits per heavy atom. The molecule has 0 saturated heterocycles. The predicted molar refractivity (Wildman–Crippen MR) is 126 cm³/mol. The van der Waals surface area contributed by atoms with Gasteiger partial charge in [0.2, 0.25) is 0 Å². The van der Waals surface area contributed by atoms with Crippen molar-refractivity contribution in [2.75, 3.05) is 13.2 Å². The third-order valence-electron chi connectivity index (χ3n) is 4.71. The lowest BCUT2D eigenvalue weighted by Crippen LogP contribution is -2.38. The van der Waals surface area contributed by atoms with E-state index in [9.17, 15) is 8.42 Å². The minimum absolute atomic E-state index is 0.0369. The third kappa shape index (κ3) is 7.59. The first-order valence-electron chi connectivity index (χ1n) is 10.8. The smallest absolute Gasteiger partial charge is 0.297 e. The topological polar surface area (TPSA) is 115 Å². The maximum atomic E-state index is 12.7. The second kappa shape index (κ2) is 11.7. The second-order valence-corrected chi connectivity index (χ2v) is 9.56. The number of aromatic nitrogens is 2. The molecule has 1 unspecified atom stereocenters. The monoisotopic (exact) mass is 484 g/mol. The van der Waals surface area contributed by atoms with E-state index in [4.69, 9.17) is 18.9 Å². The van der Waals surface area contributed by atoms with Gasteiger partial charge < -0.3 is 14.8 Å². The molecule has 180 valence electrons. The van der Waals surface area contributed by atoms with E-state index in [1.165, 1.54) is 23.0 Å². The van der Waals surface area contributed by atoms with Gasteiger partial charge in [0.1, 0.15) is 30.3 Å². The predicted octanol–water partition coefficient (Wildman–Crippen LogP) is 3.25. The van der Waals surface area contributed by atoms with Gasteiger partial charge in [0, 0.05) is 18.8 Å². The fourth-order valence-corrected chi connectivity index (χ4v) is 3.94. The molecule has 1 heterocycles. The van der Waals surface area contributed by atoms with Crippen molar-refractivity contribution in [3.05, 3.63) is 72.1 Å². The van der Waals surface area contributed by atoms with E-state index in [1.54, 1.807) is 42.6 Å².